The summed E-state index contributed by atoms with van der Waals surface area (Å²) in [6.45, 7) is 1.74. The maximum atomic E-state index is 12.9. The van der Waals surface area contributed by atoms with Gasteiger partial charge in [-0.25, -0.2) is 0 Å². The molecule has 0 bridgehead atoms. The lowest BCUT2D eigenvalue weighted by molar-refractivity contribution is -0.117. The largest absolute Gasteiger partial charge is 0.423 e. The number of amides is 1. The van der Waals surface area contributed by atoms with E-state index in [1.807, 2.05) is 41.3 Å². The number of aromatic nitrogens is 1. The zero-order chi connectivity index (χ0) is 18.9. The number of nitrogens with one attached hydrogen (secondary N) is 3. The van der Waals surface area contributed by atoms with Crippen molar-refractivity contribution in [2.24, 2.45) is 0 Å². The Kier molecular flexibility index (Phi) is 4.46. The molecule has 1 amide bonds. The molecule has 0 saturated carbocycles. The van der Waals surface area contributed by atoms with Crippen molar-refractivity contribution in [1.82, 2.24) is 15.8 Å². The summed E-state index contributed by atoms with van der Waals surface area (Å²) in [5.41, 5.74) is 9.98. The molecule has 7 heteroatoms. The van der Waals surface area contributed by atoms with Crippen molar-refractivity contribution in [2.75, 3.05) is 23.3 Å². The van der Waals surface area contributed by atoms with Crippen LogP contribution in [0, 0.1) is 0 Å². The average molecular weight is 377 g/mol. The summed E-state index contributed by atoms with van der Waals surface area (Å²) in [5.74, 6) is -0.0202. The third-order valence-corrected chi connectivity index (χ3v) is 5.50. The Hall–Kier alpha value is -2.90. The van der Waals surface area contributed by atoms with Gasteiger partial charge in [0.25, 0.3) is 6.01 Å². The first-order chi connectivity index (χ1) is 13.8. The fraction of sp³-hybridized carbons (Fsp3) is 0.333. The Balaban J connectivity index is 1.30. The number of carbonyl (C=O) groups is 1. The minimum atomic E-state index is -0.270. The summed E-state index contributed by atoms with van der Waals surface area (Å²) in [7, 11) is 0. The first kappa shape index (κ1) is 17.2. The zero-order valence-corrected chi connectivity index (χ0v) is 15.5. The van der Waals surface area contributed by atoms with Crippen LogP contribution in [0.2, 0.25) is 0 Å². The summed E-state index contributed by atoms with van der Waals surface area (Å²) in [5, 5.41) is 3.05. The Labute approximate surface area is 163 Å². The van der Waals surface area contributed by atoms with Crippen molar-refractivity contribution in [3.05, 3.63) is 54.1 Å². The van der Waals surface area contributed by atoms with E-state index in [1.165, 1.54) is 5.56 Å². The quantitative estimate of drug-likeness (QED) is 0.648. The summed E-state index contributed by atoms with van der Waals surface area (Å²) < 4.78 is 5.88. The second kappa shape index (κ2) is 7.26. The van der Waals surface area contributed by atoms with Crippen LogP contribution >= 0.6 is 0 Å². The normalized spacial score (nSPS) is 22.1. The number of benzene rings is 2. The Morgan fingerprint density at radius 2 is 2.00 bits per heavy atom. The van der Waals surface area contributed by atoms with Crippen LogP contribution in [0.25, 0.3) is 11.1 Å². The minimum absolute atomic E-state index is 0.0202. The second-order valence-corrected chi connectivity index (χ2v) is 7.34. The molecular weight excluding hydrogens is 354 g/mol. The number of oxazole rings is 1. The van der Waals surface area contributed by atoms with Gasteiger partial charge >= 0.3 is 0 Å². The molecule has 1 aromatic heterocycles. The molecule has 2 unspecified atom stereocenters. The summed E-state index contributed by atoms with van der Waals surface area (Å²) in [6.07, 6.45) is 2.80. The third-order valence-electron chi connectivity index (χ3n) is 5.50. The van der Waals surface area contributed by atoms with E-state index in [-0.39, 0.29) is 11.9 Å². The molecule has 3 N–H and O–H groups in total. The van der Waals surface area contributed by atoms with Crippen molar-refractivity contribution in [3.63, 3.8) is 0 Å². The summed E-state index contributed by atoms with van der Waals surface area (Å²) >= 11 is 0. The van der Waals surface area contributed by atoms with Gasteiger partial charge in [0.2, 0.25) is 5.91 Å². The molecule has 2 aromatic carbocycles. The number of anilines is 2. The Morgan fingerprint density at radius 1 is 1.14 bits per heavy atom. The fourth-order valence-corrected chi connectivity index (χ4v) is 4.01. The first-order valence-corrected chi connectivity index (χ1v) is 9.79. The van der Waals surface area contributed by atoms with E-state index in [0.29, 0.717) is 12.1 Å². The maximum Gasteiger partial charge on any atom is 0.299 e. The summed E-state index contributed by atoms with van der Waals surface area (Å²) in [6, 6.07) is 16.3. The molecule has 0 spiro atoms. The molecule has 2 aliphatic heterocycles. The van der Waals surface area contributed by atoms with Gasteiger partial charge < -0.3 is 14.6 Å². The number of hydrazine groups is 1. The number of nitrogens with zero attached hydrogens (tertiary/aromatic N) is 2. The molecular formula is C21H23N5O2. The number of rotatable bonds is 4. The molecule has 3 heterocycles. The smallest absolute Gasteiger partial charge is 0.299 e. The van der Waals surface area contributed by atoms with Gasteiger partial charge in [0.1, 0.15) is 11.6 Å². The van der Waals surface area contributed by atoms with Gasteiger partial charge in [-0.05, 0) is 49.1 Å². The van der Waals surface area contributed by atoms with Crippen LogP contribution in [0.5, 0.6) is 0 Å². The van der Waals surface area contributed by atoms with Gasteiger partial charge in [0.05, 0.1) is 0 Å². The van der Waals surface area contributed by atoms with E-state index in [2.05, 4.69) is 33.3 Å². The number of para-hydroxylation sites is 2. The standard InChI is InChI=1S/C21H23N5O2/c27-20(23-15-9-7-14(8-10-15)16-11-12-22-25-16)18-5-3-13-26(18)21-24-17-4-1-2-6-19(17)28-21/h1-2,4,6-10,16,18,22,25H,3,5,11-13H2,(H,23,27). The molecule has 3 aromatic rings. The number of fused-ring (bicyclic) bond motifs is 1. The van der Waals surface area contributed by atoms with Crippen molar-refractivity contribution in [3.8, 4) is 0 Å². The van der Waals surface area contributed by atoms with Crippen molar-refractivity contribution < 1.29 is 9.21 Å². The van der Waals surface area contributed by atoms with Crippen molar-refractivity contribution in [1.29, 1.82) is 0 Å². The molecule has 0 aliphatic carbocycles. The highest BCUT2D eigenvalue weighted by Gasteiger charge is 2.33. The van der Waals surface area contributed by atoms with Crippen molar-refractivity contribution >= 4 is 28.7 Å². The summed E-state index contributed by atoms with van der Waals surface area (Å²) in [4.78, 5) is 19.4. The highest BCUT2D eigenvalue weighted by molar-refractivity contribution is 5.97. The lowest BCUT2D eigenvalue weighted by atomic mass is 10.1. The minimum Gasteiger partial charge on any atom is -0.423 e. The van der Waals surface area contributed by atoms with Gasteiger partial charge in [-0.2, -0.15) is 4.98 Å². The number of hydrogen-bond donors (Lipinski definition) is 3. The number of hydrogen-bond acceptors (Lipinski definition) is 6. The van der Waals surface area contributed by atoms with Crippen LogP contribution in [0.1, 0.15) is 30.9 Å². The molecule has 144 valence electrons. The lowest BCUT2D eigenvalue weighted by Crippen LogP contribution is -2.39. The highest BCUT2D eigenvalue weighted by Crippen LogP contribution is 2.29. The third kappa shape index (κ3) is 3.23. The Bertz CT molecular complexity index is 945. The topological polar surface area (TPSA) is 82.4 Å². The molecule has 2 saturated heterocycles. The van der Waals surface area contributed by atoms with Crippen LogP contribution in [-0.2, 0) is 4.79 Å². The molecule has 7 nitrogen and oxygen atoms in total. The molecule has 2 fully saturated rings. The van der Waals surface area contributed by atoms with Gasteiger partial charge in [-0.15, -0.1) is 0 Å². The maximum absolute atomic E-state index is 12.9. The van der Waals surface area contributed by atoms with Gasteiger partial charge in [-0.1, -0.05) is 24.3 Å². The number of carbonyl (C=O) groups excluding carboxylic acids is 1. The van der Waals surface area contributed by atoms with Gasteiger partial charge in [0.15, 0.2) is 5.58 Å². The molecule has 0 radical (unpaired) electrons. The van der Waals surface area contributed by atoms with Crippen LogP contribution < -0.4 is 21.1 Å². The SMILES string of the molecule is O=C(Nc1ccc(C2CCNN2)cc1)C1CCCN1c1nc2ccccc2o1. The second-order valence-electron chi connectivity index (χ2n) is 7.34. The zero-order valence-electron chi connectivity index (χ0n) is 15.5. The molecule has 5 rings (SSSR count). The van der Waals surface area contributed by atoms with Crippen LogP contribution in [0.4, 0.5) is 11.7 Å². The average Bonchev–Trinajstić information content (AvgIpc) is 3.48. The van der Waals surface area contributed by atoms with Gasteiger partial charge in [0, 0.05) is 24.8 Å². The van der Waals surface area contributed by atoms with Gasteiger partial charge in [-0.3, -0.25) is 15.6 Å². The van der Waals surface area contributed by atoms with E-state index >= 15 is 0 Å². The van der Waals surface area contributed by atoms with E-state index in [0.717, 1.165) is 49.1 Å². The Morgan fingerprint density at radius 3 is 2.79 bits per heavy atom. The molecule has 28 heavy (non-hydrogen) atoms. The fourth-order valence-electron chi connectivity index (χ4n) is 4.01. The van der Waals surface area contributed by atoms with Crippen LogP contribution in [-0.4, -0.2) is 30.0 Å². The van der Waals surface area contributed by atoms with E-state index < -0.39 is 0 Å². The molecule has 2 atom stereocenters. The highest BCUT2D eigenvalue weighted by atomic mass is 16.4. The predicted octanol–water partition coefficient (Wildman–Crippen LogP) is 2.97. The van der Waals surface area contributed by atoms with E-state index in [1.54, 1.807) is 0 Å². The molecule has 2 aliphatic rings. The van der Waals surface area contributed by atoms with Crippen LogP contribution in [0.15, 0.2) is 52.9 Å². The van der Waals surface area contributed by atoms with E-state index in [4.69, 9.17) is 4.42 Å². The van der Waals surface area contributed by atoms with Crippen molar-refractivity contribution in [2.45, 2.75) is 31.3 Å². The predicted molar refractivity (Wildman–Crippen MR) is 108 cm³/mol. The van der Waals surface area contributed by atoms with E-state index in [9.17, 15) is 4.79 Å². The van der Waals surface area contributed by atoms with Crippen LogP contribution in [0.3, 0.4) is 0 Å². The monoisotopic (exact) mass is 377 g/mol. The lowest BCUT2D eigenvalue weighted by Gasteiger charge is -2.22. The first-order valence-electron chi connectivity index (χ1n) is 9.79.